The van der Waals surface area contributed by atoms with Crippen LogP contribution in [-0.4, -0.2) is 66.5 Å². The number of imide groups is 2. The van der Waals surface area contributed by atoms with E-state index < -0.39 is 53.4 Å². The van der Waals surface area contributed by atoms with Gasteiger partial charge in [0, 0.05) is 13.0 Å². The Hall–Kier alpha value is -4.25. The molecule has 4 atom stereocenters. The molecule has 192 valence electrons. The monoisotopic (exact) mass is 512 g/mol. The summed E-state index contributed by atoms with van der Waals surface area (Å²) in [7, 11) is 0. The van der Waals surface area contributed by atoms with Crippen LogP contribution in [0.3, 0.4) is 0 Å². The number of anilines is 2. The lowest BCUT2D eigenvalue weighted by molar-refractivity contribution is -0.153. The summed E-state index contributed by atoms with van der Waals surface area (Å²) in [6, 6.07) is 0.994. The third-order valence-electron chi connectivity index (χ3n) is 7.46. The highest BCUT2D eigenvalue weighted by atomic mass is 19.1. The van der Waals surface area contributed by atoms with E-state index in [0.29, 0.717) is 0 Å². The molecule has 5 heterocycles. The number of aromatic nitrogens is 1. The first-order valence-electron chi connectivity index (χ1n) is 11.7. The van der Waals surface area contributed by atoms with Crippen LogP contribution in [0.5, 0.6) is 0 Å². The second-order valence-corrected chi connectivity index (χ2v) is 9.68. The average Bonchev–Trinajstić information content (AvgIpc) is 3.40. The summed E-state index contributed by atoms with van der Waals surface area (Å²) < 4.78 is 32.5. The highest BCUT2D eigenvalue weighted by molar-refractivity contribution is 6.20. The van der Waals surface area contributed by atoms with E-state index in [9.17, 15) is 19.2 Å². The number of amides is 5. The average molecular weight is 512 g/mol. The number of rotatable bonds is 2. The van der Waals surface area contributed by atoms with Gasteiger partial charge in [-0.2, -0.15) is 5.26 Å². The van der Waals surface area contributed by atoms with Gasteiger partial charge in [0.1, 0.15) is 6.61 Å². The number of nitriles is 1. The van der Waals surface area contributed by atoms with Gasteiger partial charge in [-0.25, -0.2) is 14.0 Å². The van der Waals surface area contributed by atoms with Crippen LogP contribution in [0.15, 0.2) is 10.6 Å². The number of nitrogens with one attached hydrogen (secondary N) is 2. The van der Waals surface area contributed by atoms with Gasteiger partial charge in [-0.1, -0.05) is 5.16 Å². The fraction of sp³-hybridized carbons (Fsp3) is 0.478. The van der Waals surface area contributed by atoms with Crippen molar-refractivity contribution in [2.24, 2.45) is 5.41 Å². The number of nitrogens with zero attached hydrogens (tertiary/aromatic N) is 4. The minimum absolute atomic E-state index is 0.0351. The fourth-order valence-corrected chi connectivity index (χ4v) is 6.09. The molecule has 0 unspecified atom stereocenters. The van der Waals surface area contributed by atoms with E-state index >= 15 is 4.39 Å². The molecule has 37 heavy (non-hydrogen) atoms. The Labute approximate surface area is 208 Å². The zero-order valence-electron chi connectivity index (χ0n) is 19.7. The van der Waals surface area contributed by atoms with Crippen molar-refractivity contribution in [3.05, 3.63) is 17.4 Å². The van der Waals surface area contributed by atoms with Crippen molar-refractivity contribution in [1.29, 1.82) is 5.26 Å². The molecule has 4 aliphatic heterocycles. The Balaban J connectivity index is 1.56. The molecular weight excluding hydrogens is 491 g/mol. The fourth-order valence-electron chi connectivity index (χ4n) is 6.09. The van der Waals surface area contributed by atoms with E-state index in [0.717, 1.165) is 4.90 Å². The Bertz CT molecular complexity index is 1410. The molecule has 14 heteroatoms. The lowest BCUT2D eigenvalue weighted by Crippen LogP contribution is -2.75. The van der Waals surface area contributed by atoms with Gasteiger partial charge in [-0.3, -0.25) is 25.1 Å². The van der Waals surface area contributed by atoms with Gasteiger partial charge in [0.2, 0.25) is 17.4 Å². The molecule has 0 aliphatic carbocycles. The molecule has 2 aromatic rings. The molecule has 1 aromatic carbocycles. The SMILES string of the molecule is C[C@@H]1CN2c3c(cc4c(N5C(=O)OC[C@@H]5CC#N)noc4c3F)CC3(C(=O)NC(=O)NC3=O)[C@H]2[C@H](C)O1. The number of barbiturate groups is 1. The van der Waals surface area contributed by atoms with Crippen molar-refractivity contribution in [1.82, 2.24) is 15.8 Å². The quantitative estimate of drug-likeness (QED) is 0.556. The molecule has 5 amide bonds. The summed E-state index contributed by atoms with van der Waals surface area (Å²) in [5, 5.41) is 17.5. The first kappa shape index (κ1) is 23.2. The Kier molecular flexibility index (Phi) is 4.93. The van der Waals surface area contributed by atoms with Gasteiger partial charge in [0.05, 0.1) is 47.9 Å². The van der Waals surface area contributed by atoms with Crippen molar-refractivity contribution >= 4 is 46.4 Å². The summed E-state index contributed by atoms with van der Waals surface area (Å²) >= 11 is 0. The molecule has 0 radical (unpaired) electrons. The van der Waals surface area contributed by atoms with Crippen LogP contribution in [-0.2, 0) is 25.5 Å². The van der Waals surface area contributed by atoms with E-state index in [1.807, 2.05) is 6.07 Å². The van der Waals surface area contributed by atoms with Crippen LogP contribution in [0.25, 0.3) is 11.0 Å². The molecule has 3 fully saturated rings. The molecule has 4 aliphatic rings. The molecule has 6 rings (SSSR count). The molecule has 0 saturated carbocycles. The van der Waals surface area contributed by atoms with Crippen molar-refractivity contribution in [2.45, 2.75) is 51.0 Å². The van der Waals surface area contributed by atoms with Crippen LogP contribution in [0.1, 0.15) is 25.8 Å². The zero-order valence-corrected chi connectivity index (χ0v) is 19.7. The summed E-state index contributed by atoms with van der Waals surface area (Å²) in [4.78, 5) is 53.7. The molecule has 1 spiro atoms. The van der Waals surface area contributed by atoms with Crippen LogP contribution in [0.2, 0.25) is 0 Å². The number of halogens is 1. The molecule has 1 aromatic heterocycles. The smallest absolute Gasteiger partial charge is 0.416 e. The Morgan fingerprint density at radius 1 is 1.24 bits per heavy atom. The topological polar surface area (TPSA) is 167 Å². The number of hydrogen-bond acceptors (Lipinski definition) is 10. The molecule has 2 N–H and O–H groups in total. The number of cyclic esters (lactones) is 1. The Morgan fingerprint density at radius 3 is 2.68 bits per heavy atom. The van der Waals surface area contributed by atoms with Gasteiger partial charge in [-0.05, 0) is 25.5 Å². The normalized spacial score (nSPS) is 28.5. The zero-order chi connectivity index (χ0) is 26.2. The van der Waals surface area contributed by atoms with Gasteiger partial charge in [-0.15, -0.1) is 0 Å². The first-order chi connectivity index (χ1) is 17.7. The van der Waals surface area contributed by atoms with Crippen LogP contribution in [0.4, 0.5) is 25.5 Å². The molecule has 13 nitrogen and oxygen atoms in total. The van der Waals surface area contributed by atoms with E-state index in [2.05, 4.69) is 15.8 Å². The third-order valence-corrected chi connectivity index (χ3v) is 7.46. The van der Waals surface area contributed by atoms with Gasteiger partial charge in [0.25, 0.3) is 0 Å². The minimum atomic E-state index is -1.80. The van der Waals surface area contributed by atoms with E-state index in [1.165, 1.54) is 6.07 Å². The number of fused-ring (bicyclic) bond motifs is 5. The highest BCUT2D eigenvalue weighted by Gasteiger charge is 2.63. The van der Waals surface area contributed by atoms with E-state index in [1.54, 1.807) is 18.7 Å². The van der Waals surface area contributed by atoms with Crippen molar-refractivity contribution in [3.63, 3.8) is 0 Å². The maximum Gasteiger partial charge on any atom is 0.416 e. The van der Waals surface area contributed by atoms with Crippen LogP contribution < -0.4 is 20.4 Å². The number of carbonyl (C=O) groups is 4. The third kappa shape index (κ3) is 3.07. The van der Waals surface area contributed by atoms with Crippen LogP contribution >= 0.6 is 0 Å². The highest BCUT2D eigenvalue weighted by Crippen LogP contribution is 2.50. The Morgan fingerprint density at radius 2 is 1.97 bits per heavy atom. The van der Waals surface area contributed by atoms with E-state index in [4.69, 9.17) is 19.3 Å². The second kappa shape index (κ2) is 7.87. The van der Waals surface area contributed by atoms with Gasteiger partial charge in [0.15, 0.2) is 17.1 Å². The predicted molar refractivity (Wildman–Crippen MR) is 121 cm³/mol. The van der Waals surface area contributed by atoms with Crippen LogP contribution in [0, 0.1) is 22.6 Å². The lowest BCUT2D eigenvalue weighted by Gasteiger charge is -2.55. The molecular formula is C23H21FN6O7. The number of hydrogen-bond donors (Lipinski definition) is 2. The molecule has 0 bridgehead atoms. The van der Waals surface area contributed by atoms with E-state index in [-0.39, 0.29) is 60.1 Å². The maximum atomic E-state index is 16.2. The van der Waals surface area contributed by atoms with Crippen molar-refractivity contribution < 1.29 is 37.6 Å². The standard InChI is InChI=1S/C23H21FN6O7/c1-9-7-29-15-11(6-23(17(29)10(2)36-9)19(31)26-21(33)27-20(23)32)5-13-16(14(15)24)37-28-18(13)30-12(3-4-25)8-35-22(30)34/h5,9-10,12,17H,3,6-8H2,1-2H3,(H2,26,27,31,32,33)/t9-,10+,12+,17-/m1/s1. The number of urea groups is 1. The minimum Gasteiger partial charge on any atom is -0.447 e. The largest absolute Gasteiger partial charge is 0.447 e. The number of carbonyl (C=O) groups excluding carboxylic acids is 4. The van der Waals surface area contributed by atoms with Gasteiger partial charge < -0.3 is 18.9 Å². The summed E-state index contributed by atoms with van der Waals surface area (Å²) in [5.74, 6) is -2.43. The van der Waals surface area contributed by atoms with Crippen molar-refractivity contribution in [3.8, 4) is 6.07 Å². The summed E-state index contributed by atoms with van der Waals surface area (Å²) in [5.41, 5.74) is -1.61. The second-order valence-electron chi connectivity index (χ2n) is 9.68. The lowest BCUT2D eigenvalue weighted by atomic mass is 9.66. The predicted octanol–water partition coefficient (Wildman–Crippen LogP) is 1.10. The number of benzene rings is 1. The van der Waals surface area contributed by atoms with Crippen molar-refractivity contribution in [2.75, 3.05) is 23.0 Å². The first-order valence-corrected chi connectivity index (χ1v) is 11.7. The molecule has 3 saturated heterocycles. The summed E-state index contributed by atoms with van der Waals surface area (Å²) in [6.07, 6.45) is -2.09. The van der Waals surface area contributed by atoms with Gasteiger partial charge >= 0.3 is 12.1 Å². The summed E-state index contributed by atoms with van der Waals surface area (Å²) in [6.45, 7) is 3.59. The maximum absolute atomic E-state index is 16.2. The number of morpholine rings is 1. The number of ether oxygens (including phenoxy) is 2.